The van der Waals surface area contributed by atoms with Gasteiger partial charge in [0.15, 0.2) is 5.82 Å². The molecule has 2 N–H and O–H groups in total. The Labute approximate surface area is 133 Å². The Balaban J connectivity index is 2.09. The first kappa shape index (κ1) is 15.5. The predicted octanol–water partition coefficient (Wildman–Crippen LogP) is 1.19. The molecule has 3 rings (SSSR count). The molecule has 1 aliphatic carbocycles. The van der Waals surface area contributed by atoms with Crippen molar-refractivity contribution in [2.24, 2.45) is 7.05 Å². The van der Waals surface area contributed by atoms with Crippen LogP contribution in [-0.2, 0) is 29.9 Å². The maximum Gasteiger partial charge on any atom is 0.335 e. The van der Waals surface area contributed by atoms with E-state index < -0.39 is 16.0 Å². The number of aryl methyl sites for hydroxylation is 2. The van der Waals surface area contributed by atoms with Crippen LogP contribution in [-0.4, -0.2) is 34.5 Å². The van der Waals surface area contributed by atoms with Gasteiger partial charge in [-0.05, 0) is 48.9 Å². The maximum atomic E-state index is 12.7. The number of benzene rings is 1. The highest BCUT2D eigenvalue weighted by Crippen LogP contribution is 2.30. The van der Waals surface area contributed by atoms with E-state index in [0.717, 1.165) is 18.4 Å². The zero-order chi connectivity index (χ0) is 16.6. The van der Waals surface area contributed by atoms with Crippen LogP contribution in [0.25, 0.3) is 0 Å². The van der Waals surface area contributed by atoms with Gasteiger partial charge < -0.3 is 5.11 Å². The van der Waals surface area contributed by atoms with Gasteiger partial charge in [0.25, 0.3) is 10.0 Å². The molecule has 0 saturated carbocycles. The Morgan fingerprint density at radius 3 is 2.70 bits per heavy atom. The SMILES string of the molecule is Cn1cc(NS(=O)(=O)c2cc(C(=O)O)cc3c2CCCC3)nn1. The standard InChI is InChI=1S/C14H16N4O4S/c1-18-8-13(15-17-18)16-23(21,22)12-7-10(14(19)20)6-9-4-2-3-5-11(9)12/h6-8,16H,2-5H2,1H3,(H,19,20). The summed E-state index contributed by atoms with van der Waals surface area (Å²) in [4.78, 5) is 11.3. The molecule has 0 atom stereocenters. The highest BCUT2D eigenvalue weighted by atomic mass is 32.2. The van der Waals surface area contributed by atoms with Gasteiger partial charge in [0.1, 0.15) is 0 Å². The second-order valence-electron chi connectivity index (χ2n) is 5.51. The van der Waals surface area contributed by atoms with E-state index in [4.69, 9.17) is 0 Å². The fraction of sp³-hybridized carbons (Fsp3) is 0.357. The first-order valence-electron chi connectivity index (χ1n) is 7.15. The van der Waals surface area contributed by atoms with E-state index in [0.29, 0.717) is 18.4 Å². The summed E-state index contributed by atoms with van der Waals surface area (Å²) in [5.74, 6) is -1.05. The number of rotatable bonds is 4. The zero-order valence-electron chi connectivity index (χ0n) is 12.5. The highest BCUT2D eigenvalue weighted by molar-refractivity contribution is 7.92. The normalized spacial score (nSPS) is 14.3. The van der Waals surface area contributed by atoms with Crippen molar-refractivity contribution in [1.82, 2.24) is 15.0 Å². The molecule has 1 aromatic carbocycles. The van der Waals surface area contributed by atoms with E-state index in [-0.39, 0.29) is 16.3 Å². The molecular weight excluding hydrogens is 320 g/mol. The number of hydrogen-bond donors (Lipinski definition) is 2. The van der Waals surface area contributed by atoms with E-state index in [1.165, 1.54) is 16.9 Å². The summed E-state index contributed by atoms with van der Waals surface area (Å²) in [6.07, 6.45) is 4.54. The molecule has 23 heavy (non-hydrogen) atoms. The van der Waals surface area contributed by atoms with Crippen molar-refractivity contribution >= 4 is 21.8 Å². The van der Waals surface area contributed by atoms with E-state index in [2.05, 4.69) is 15.0 Å². The molecule has 0 amide bonds. The molecule has 1 heterocycles. The molecule has 1 aromatic heterocycles. The number of nitrogens with one attached hydrogen (secondary N) is 1. The predicted molar refractivity (Wildman–Crippen MR) is 81.9 cm³/mol. The molecule has 2 aromatic rings. The molecule has 0 aliphatic heterocycles. The molecule has 0 saturated heterocycles. The Bertz CT molecular complexity index is 873. The fourth-order valence-electron chi connectivity index (χ4n) is 2.78. The van der Waals surface area contributed by atoms with E-state index >= 15 is 0 Å². The van der Waals surface area contributed by atoms with Gasteiger partial charge in [-0.15, -0.1) is 5.10 Å². The van der Waals surface area contributed by atoms with Gasteiger partial charge in [0, 0.05) is 7.05 Å². The quantitative estimate of drug-likeness (QED) is 0.867. The molecule has 0 fully saturated rings. The maximum absolute atomic E-state index is 12.7. The number of carboxylic acid groups (broad SMARTS) is 1. The molecule has 1 aliphatic rings. The number of nitrogens with zero attached hydrogens (tertiary/aromatic N) is 3. The van der Waals surface area contributed by atoms with Crippen molar-refractivity contribution in [1.29, 1.82) is 0 Å². The van der Waals surface area contributed by atoms with Crippen molar-refractivity contribution in [2.45, 2.75) is 30.6 Å². The summed E-state index contributed by atoms with van der Waals surface area (Å²) in [6, 6.07) is 2.78. The van der Waals surface area contributed by atoms with Gasteiger partial charge in [-0.1, -0.05) is 5.21 Å². The van der Waals surface area contributed by atoms with Gasteiger partial charge in [0.05, 0.1) is 16.7 Å². The number of sulfonamides is 1. The summed E-state index contributed by atoms with van der Waals surface area (Å²) in [7, 11) is -2.30. The fourth-order valence-corrected chi connectivity index (χ4v) is 4.10. The number of aromatic carboxylic acids is 1. The van der Waals surface area contributed by atoms with Gasteiger partial charge in [-0.2, -0.15) is 0 Å². The van der Waals surface area contributed by atoms with Crippen LogP contribution in [0.3, 0.4) is 0 Å². The molecule has 0 radical (unpaired) electrons. The summed E-state index contributed by atoms with van der Waals surface area (Å²) in [6.45, 7) is 0. The Morgan fingerprint density at radius 2 is 2.04 bits per heavy atom. The molecule has 0 spiro atoms. The topological polar surface area (TPSA) is 114 Å². The van der Waals surface area contributed by atoms with Gasteiger partial charge in [0.2, 0.25) is 0 Å². The lowest BCUT2D eigenvalue weighted by molar-refractivity contribution is 0.0696. The minimum atomic E-state index is -3.93. The molecule has 0 unspecified atom stereocenters. The lowest BCUT2D eigenvalue weighted by Gasteiger charge is -2.20. The first-order chi connectivity index (χ1) is 10.9. The number of anilines is 1. The monoisotopic (exact) mass is 336 g/mol. The lowest BCUT2D eigenvalue weighted by Crippen LogP contribution is -2.19. The highest BCUT2D eigenvalue weighted by Gasteiger charge is 2.26. The van der Waals surface area contributed by atoms with Gasteiger partial charge in [-0.25, -0.2) is 13.2 Å². The average Bonchev–Trinajstić information content (AvgIpc) is 2.90. The van der Waals surface area contributed by atoms with Gasteiger partial charge >= 0.3 is 5.97 Å². The van der Waals surface area contributed by atoms with Crippen molar-refractivity contribution in [2.75, 3.05) is 4.72 Å². The van der Waals surface area contributed by atoms with Crippen LogP contribution in [0.1, 0.15) is 34.3 Å². The van der Waals surface area contributed by atoms with Crippen LogP contribution < -0.4 is 4.72 Å². The minimum Gasteiger partial charge on any atom is -0.478 e. The van der Waals surface area contributed by atoms with Crippen LogP contribution in [0.5, 0.6) is 0 Å². The van der Waals surface area contributed by atoms with Crippen molar-refractivity contribution in [3.63, 3.8) is 0 Å². The second-order valence-corrected chi connectivity index (χ2v) is 7.16. The number of carboxylic acids is 1. The number of fused-ring (bicyclic) bond motifs is 1. The van der Waals surface area contributed by atoms with E-state index in [1.54, 1.807) is 13.1 Å². The third-order valence-corrected chi connectivity index (χ3v) is 5.22. The largest absolute Gasteiger partial charge is 0.478 e. The molecule has 122 valence electrons. The molecule has 8 nitrogen and oxygen atoms in total. The average molecular weight is 336 g/mol. The third-order valence-electron chi connectivity index (χ3n) is 3.80. The Morgan fingerprint density at radius 1 is 1.30 bits per heavy atom. The van der Waals surface area contributed by atoms with Crippen molar-refractivity contribution < 1.29 is 18.3 Å². The Kier molecular flexibility index (Phi) is 3.80. The molecular formula is C14H16N4O4S. The second kappa shape index (κ2) is 5.65. The van der Waals surface area contributed by atoms with Crippen LogP contribution in [0.2, 0.25) is 0 Å². The summed E-state index contributed by atoms with van der Waals surface area (Å²) < 4.78 is 29.1. The summed E-state index contributed by atoms with van der Waals surface area (Å²) in [5, 5.41) is 16.6. The third kappa shape index (κ3) is 3.04. The van der Waals surface area contributed by atoms with E-state index in [1.807, 2.05) is 0 Å². The van der Waals surface area contributed by atoms with Crippen LogP contribution in [0.15, 0.2) is 23.2 Å². The Hall–Kier alpha value is -2.42. The van der Waals surface area contributed by atoms with Gasteiger partial charge in [-0.3, -0.25) is 9.40 Å². The van der Waals surface area contributed by atoms with E-state index in [9.17, 15) is 18.3 Å². The van der Waals surface area contributed by atoms with Crippen LogP contribution in [0, 0.1) is 0 Å². The number of carbonyl (C=O) groups is 1. The number of hydrogen-bond acceptors (Lipinski definition) is 5. The molecule has 9 heteroatoms. The van der Waals surface area contributed by atoms with Crippen LogP contribution >= 0.6 is 0 Å². The number of aromatic nitrogens is 3. The summed E-state index contributed by atoms with van der Waals surface area (Å²) >= 11 is 0. The smallest absolute Gasteiger partial charge is 0.335 e. The van der Waals surface area contributed by atoms with Crippen molar-refractivity contribution in [3.8, 4) is 0 Å². The minimum absolute atomic E-state index is 0.0118. The first-order valence-corrected chi connectivity index (χ1v) is 8.63. The summed E-state index contributed by atoms with van der Waals surface area (Å²) in [5.41, 5.74) is 1.46. The van der Waals surface area contributed by atoms with Crippen LogP contribution in [0.4, 0.5) is 5.82 Å². The molecule has 0 bridgehead atoms. The zero-order valence-corrected chi connectivity index (χ0v) is 13.3. The lowest BCUT2D eigenvalue weighted by atomic mass is 9.90. The van der Waals surface area contributed by atoms with Crippen molar-refractivity contribution in [3.05, 3.63) is 35.0 Å².